The summed E-state index contributed by atoms with van der Waals surface area (Å²) in [5.74, 6) is 1.97. The van der Waals surface area contributed by atoms with Crippen LogP contribution in [0.2, 0.25) is 0 Å². The van der Waals surface area contributed by atoms with E-state index in [1.165, 1.54) is 17.4 Å². The molecule has 1 fully saturated rings. The van der Waals surface area contributed by atoms with Crippen LogP contribution in [0.25, 0.3) is 0 Å². The lowest BCUT2D eigenvalue weighted by Gasteiger charge is -2.30. The number of benzene rings is 1. The summed E-state index contributed by atoms with van der Waals surface area (Å²) in [6.45, 7) is 14.7. The van der Waals surface area contributed by atoms with E-state index in [4.69, 9.17) is 9.15 Å². The molecule has 1 saturated heterocycles. The minimum Gasteiger partial charge on any atom is -0.493 e. The Hall–Kier alpha value is -2.41. The summed E-state index contributed by atoms with van der Waals surface area (Å²) >= 11 is 1.58. The van der Waals surface area contributed by atoms with Gasteiger partial charge in [0.25, 0.3) is 5.91 Å². The zero-order valence-corrected chi connectivity index (χ0v) is 23.5. The first kappa shape index (κ1) is 28.2. The van der Waals surface area contributed by atoms with Gasteiger partial charge in [0.1, 0.15) is 11.8 Å². The second-order valence-corrected chi connectivity index (χ2v) is 11.8. The zero-order chi connectivity index (χ0) is 26.3. The monoisotopic (exact) mass is 514 g/mol. The predicted molar refractivity (Wildman–Crippen MR) is 147 cm³/mol. The summed E-state index contributed by atoms with van der Waals surface area (Å²) in [5.41, 5.74) is 2.77. The number of thioether (sulfide) groups is 1. The fourth-order valence-corrected chi connectivity index (χ4v) is 5.29. The van der Waals surface area contributed by atoms with Crippen molar-refractivity contribution in [3.63, 3.8) is 0 Å². The van der Waals surface area contributed by atoms with Gasteiger partial charge in [0, 0.05) is 17.9 Å². The Bertz CT molecular complexity index is 1020. The number of hydrogen-bond acceptors (Lipinski definition) is 5. The fourth-order valence-electron chi connectivity index (χ4n) is 4.14. The third kappa shape index (κ3) is 6.67. The molecule has 0 bridgehead atoms. The van der Waals surface area contributed by atoms with Gasteiger partial charge >= 0.3 is 0 Å². The molecule has 1 aliphatic heterocycles. The lowest BCUT2D eigenvalue weighted by Crippen LogP contribution is -2.47. The van der Waals surface area contributed by atoms with Crippen molar-refractivity contribution in [3.8, 4) is 5.75 Å². The van der Waals surface area contributed by atoms with Crippen molar-refractivity contribution >= 4 is 23.6 Å². The van der Waals surface area contributed by atoms with Crippen LogP contribution in [0.15, 0.2) is 41.0 Å². The molecule has 36 heavy (non-hydrogen) atoms. The number of unbranched alkanes of at least 4 members (excludes halogenated alkanes) is 1. The van der Waals surface area contributed by atoms with Crippen molar-refractivity contribution in [2.75, 3.05) is 24.8 Å². The molecule has 7 heteroatoms. The van der Waals surface area contributed by atoms with Crippen LogP contribution >= 0.6 is 11.8 Å². The minimum absolute atomic E-state index is 0.0292. The summed E-state index contributed by atoms with van der Waals surface area (Å²) < 4.78 is 11.5. The van der Waals surface area contributed by atoms with Gasteiger partial charge in [0.15, 0.2) is 5.76 Å². The van der Waals surface area contributed by atoms with Crippen molar-refractivity contribution in [1.82, 2.24) is 10.2 Å². The van der Waals surface area contributed by atoms with Gasteiger partial charge in [-0.05, 0) is 60.3 Å². The van der Waals surface area contributed by atoms with Gasteiger partial charge < -0.3 is 19.4 Å². The Labute approximate surface area is 220 Å². The maximum atomic E-state index is 12.7. The number of nitrogens with one attached hydrogen (secondary N) is 1. The first-order valence-electron chi connectivity index (χ1n) is 13.1. The number of amides is 2. The Kier molecular flexibility index (Phi) is 9.56. The number of carbonyl (C=O) groups is 2. The lowest BCUT2D eigenvalue weighted by atomic mass is 9.76. The number of carbonyl (C=O) groups excluding carboxylic acids is 2. The predicted octanol–water partition coefficient (Wildman–Crippen LogP) is 6.15. The summed E-state index contributed by atoms with van der Waals surface area (Å²) in [6.07, 6.45) is 5.23. The normalized spacial score (nSPS) is 16.3. The first-order chi connectivity index (χ1) is 17.1. The van der Waals surface area contributed by atoms with Gasteiger partial charge in [-0.2, -0.15) is 0 Å². The van der Waals surface area contributed by atoms with Crippen LogP contribution in [0, 0.1) is 0 Å². The molecule has 1 atom stereocenters. The Balaban J connectivity index is 1.49. The summed E-state index contributed by atoms with van der Waals surface area (Å²) in [4.78, 5) is 26.9. The van der Waals surface area contributed by atoms with E-state index >= 15 is 0 Å². The number of nitrogens with zero attached hydrogens (tertiary/aromatic N) is 1. The molecular formula is C29H42N2O4S. The molecule has 2 aromatic rings. The molecule has 0 aliphatic carbocycles. The van der Waals surface area contributed by atoms with Crippen LogP contribution in [0.5, 0.6) is 5.75 Å². The first-order valence-corrected chi connectivity index (χ1v) is 14.2. The number of hydrogen-bond donors (Lipinski definition) is 1. The highest BCUT2D eigenvalue weighted by atomic mass is 32.2. The molecule has 2 amide bonds. The molecule has 1 aliphatic rings. The summed E-state index contributed by atoms with van der Waals surface area (Å²) in [7, 11) is 0. The van der Waals surface area contributed by atoms with Gasteiger partial charge in [-0.1, -0.05) is 53.7 Å². The van der Waals surface area contributed by atoms with Crippen molar-refractivity contribution in [2.24, 2.45) is 0 Å². The van der Waals surface area contributed by atoms with Crippen molar-refractivity contribution in [1.29, 1.82) is 0 Å². The molecule has 1 N–H and O–H groups in total. The number of ether oxygens (including phenoxy) is 1. The van der Waals surface area contributed by atoms with E-state index < -0.39 is 6.04 Å². The second kappa shape index (κ2) is 12.2. The van der Waals surface area contributed by atoms with Crippen LogP contribution < -0.4 is 10.1 Å². The van der Waals surface area contributed by atoms with E-state index in [9.17, 15) is 9.59 Å². The van der Waals surface area contributed by atoms with Crippen LogP contribution in [-0.4, -0.2) is 47.5 Å². The third-order valence-electron chi connectivity index (χ3n) is 7.56. The molecule has 6 nitrogen and oxygen atoms in total. The number of rotatable bonds is 12. The largest absolute Gasteiger partial charge is 0.493 e. The van der Waals surface area contributed by atoms with Crippen molar-refractivity contribution in [2.45, 2.75) is 84.1 Å². The van der Waals surface area contributed by atoms with Crippen LogP contribution in [0.1, 0.15) is 88.9 Å². The van der Waals surface area contributed by atoms with Crippen molar-refractivity contribution < 1.29 is 18.7 Å². The summed E-state index contributed by atoms with van der Waals surface area (Å²) in [5, 5.41) is 3.00. The SMILES string of the molecule is CCC(C)(C)c1ccc(OCCCCNC(=O)C2CSCN2C(=O)c2ccco2)c(C(C)(C)CC)c1. The maximum Gasteiger partial charge on any atom is 0.290 e. The highest BCUT2D eigenvalue weighted by Crippen LogP contribution is 2.38. The molecular weight excluding hydrogens is 472 g/mol. The average Bonchev–Trinajstić information content (AvgIpc) is 3.58. The Morgan fingerprint density at radius 3 is 2.53 bits per heavy atom. The minimum atomic E-state index is -0.464. The van der Waals surface area contributed by atoms with E-state index in [0.717, 1.165) is 31.4 Å². The molecule has 198 valence electrons. The highest BCUT2D eigenvalue weighted by Gasteiger charge is 2.36. The zero-order valence-electron chi connectivity index (χ0n) is 22.7. The van der Waals surface area contributed by atoms with E-state index in [1.54, 1.807) is 28.8 Å². The van der Waals surface area contributed by atoms with E-state index in [1.807, 2.05) is 0 Å². The summed E-state index contributed by atoms with van der Waals surface area (Å²) in [6, 6.07) is 9.50. The van der Waals surface area contributed by atoms with Crippen LogP contribution in [0.3, 0.4) is 0 Å². The molecule has 1 aromatic carbocycles. The van der Waals surface area contributed by atoms with E-state index in [0.29, 0.717) is 24.8 Å². The standard InChI is InChI=1S/C29H42N2O4S/c1-7-28(3,4)21-13-14-24(22(18-21)29(5,6)8-2)34-16-10-9-15-30-26(32)23-19-36-20-31(23)27(33)25-12-11-17-35-25/h11-14,17-18,23H,7-10,15-16,19-20H2,1-6H3,(H,30,32). The molecule has 1 aromatic heterocycles. The third-order valence-corrected chi connectivity index (χ3v) is 8.58. The topological polar surface area (TPSA) is 71.8 Å². The maximum absolute atomic E-state index is 12.7. The molecule has 2 heterocycles. The van der Waals surface area contributed by atoms with Gasteiger partial charge in [0.2, 0.25) is 5.91 Å². The molecule has 1 unspecified atom stereocenters. The Morgan fingerprint density at radius 1 is 1.11 bits per heavy atom. The van der Waals surface area contributed by atoms with Gasteiger partial charge in [-0.25, -0.2) is 0 Å². The number of furan rings is 1. The average molecular weight is 515 g/mol. The van der Waals surface area contributed by atoms with Crippen LogP contribution in [-0.2, 0) is 15.6 Å². The Morgan fingerprint density at radius 2 is 1.86 bits per heavy atom. The van der Waals surface area contributed by atoms with Gasteiger partial charge in [-0.3, -0.25) is 9.59 Å². The molecule has 0 radical (unpaired) electrons. The van der Waals surface area contributed by atoms with E-state index in [2.05, 4.69) is 65.1 Å². The highest BCUT2D eigenvalue weighted by molar-refractivity contribution is 7.99. The van der Waals surface area contributed by atoms with Gasteiger partial charge in [-0.15, -0.1) is 11.8 Å². The smallest absolute Gasteiger partial charge is 0.290 e. The second-order valence-electron chi connectivity index (χ2n) is 10.8. The van der Waals surface area contributed by atoms with E-state index in [-0.39, 0.29) is 28.4 Å². The van der Waals surface area contributed by atoms with Crippen LogP contribution in [0.4, 0.5) is 0 Å². The van der Waals surface area contributed by atoms with Crippen molar-refractivity contribution in [3.05, 3.63) is 53.5 Å². The van der Waals surface area contributed by atoms with Gasteiger partial charge in [0.05, 0.1) is 18.7 Å². The fraction of sp³-hybridized carbons (Fsp3) is 0.586. The molecule has 3 rings (SSSR count). The quantitative estimate of drug-likeness (QED) is 0.344. The molecule has 0 saturated carbocycles. The lowest BCUT2D eigenvalue weighted by molar-refractivity contribution is -0.124. The molecule has 0 spiro atoms.